The molecule has 0 aromatic heterocycles. The molecule has 0 aromatic rings. The van der Waals surface area contributed by atoms with Crippen molar-refractivity contribution in [2.45, 2.75) is 26.7 Å². The minimum atomic E-state index is 0.0355. The normalized spacial score (nSPS) is 9.38. The van der Waals surface area contributed by atoms with Gasteiger partial charge in [-0.2, -0.15) is 0 Å². The van der Waals surface area contributed by atoms with Gasteiger partial charge in [-0.25, -0.2) is 0 Å². The molecule has 0 N–H and O–H groups in total. The maximum atomic E-state index is 11.5. The average molecular weight is 181 g/mol. The molecule has 0 atom stereocenters. The third-order valence-electron chi connectivity index (χ3n) is 1.78. The second kappa shape index (κ2) is 6.46. The lowest BCUT2D eigenvalue weighted by atomic mass is 10.2. The molecule has 1 amide bonds. The molecule has 2 nitrogen and oxygen atoms in total. The number of rotatable bonds is 6. The van der Waals surface area contributed by atoms with Gasteiger partial charge in [0.05, 0.1) is 0 Å². The molecular formula is C11H19NO. The summed E-state index contributed by atoms with van der Waals surface area (Å²) in [5.41, 5.74) is 0.595. The Balaban J connectivity index is 4.14. The Morgan fingerprint density at radius 1 is 1.54 bits per heavy atom. The van der Waals surface area contributed by atoms with E-state index in [2.05, 4.69) is 20.1 Å². The molecule has 0 spiro atoms. The standard InChI is InChI=1S/C11H19NO/c1-5-7-9-12(8-6-2)11(13)10(3)4/h6H,2-3,5,7-9H2,1,4H3. The SMILES string of the molecule is C=CCN(CCCC)C(=O)C(=C)C. The predicted octanol–water partition coefficient (Wildman–Crippen LogP) is 2.38. The Morgan fingerprint density at radius 3 is 2.54 bits per heavy atom. The third-order valence-corrected chi connectivity index (χ3v) is 1.78. The minimum absolute atomic E-state index is 0.0355. The van der Waals surface area contributed by atoms with Gasteiger partial charge in [-0.05, 0) is 13.3 Å². The lowest BCUT2D eigenvalue weighted by Crippen LogP contribution is -2.32. The summed E-state index contributed by atoms with van der Waals surface area (Å²) in [6, 6.07) is 0. The van der Waals surface area contributed by atoms with E-state index in [9.17, 15) is 4.79 Å². The van der Waals surface area contributed by atoms with Crippen LogP contribution in [0.2, 0.25) is 0 Å². The molecule has 0 aliphatic carbocycles. The highest BCUT2D eigenvalue weighted by Gasteiger charge is 2.10. The van der Waals surface area contributed by atoms with Gasteiger partial charge in [-0.1, -0.05) is 26.0 Å². The van der Waals surface area contributed by atoms with Crippen molar-refractivity contribution in [1.82, 2.24) is 4.90 Å². The van der Waals surface area contributed by atoms with E-state index in [1.165, 1.54) is 0 Å². The number of amides is 1. The lowest BCUT2D eigenvalue weighted by molar-refractivity contribution is -0.126. The van der Waals surface area contributed by atoms with Gasteiger partial charge in [0.15, 0.2) is 0 Å². The van der Waals surface area contributed by atoms with Crippen molar-refractivity contribution in [3.05, 3.63) is 24.8 Å². The predicted molar refractivity (Wildman–Crippen MR) is 56.5 cm³/mol. The van der Waals surface area contributed by atoms with Crippen LogP contribution in [-0.2, 0) is 4.79 Å². The smallest absolute Gasteiger partial charge is 0.249 e. The third kappa shape index (κ3) is 4.51. The van der Waals surface area contributed by atoms with Gasteiger partial charge in [0.25, 0.3) is 0 Å². The Kier molecular flexibility index (Phi) is 5.94. The Hall–Kier alpha value is -1.05. The van der Waals surface area contributed by atoms with Crippen molar-refractivity contribution in [3.8, 4) is 0 Å². The van der Waals surface area contributed by atoms with Crippen LogP contribution in [0.25, 0.3) is 0 Å². The van der Waals surface area contributed by atoms with Crippen molar-refractivity contribution in [3.63, 3.8) is 0 Å². The van der Waals surface area contributed by atoms with E-state index in [1.807, 2.05) is 0 Å². The molecule has 13 heavy (non-hydrogen) atoms. The monoisotopic (exact) mass is 181 g/mol. The summed E-state index contributed by atoms with van der Waals surface area (Å²) in [6.45, 7) is 12.5. The number of hydrogen-bond acceptors (Lipinski definition) is 1. The summed E-state index contributed by atoms with van der Waals surface area (Å²) in [5.74, 6) is 0.0355. The zero-order chi connectivity index (χ0) is 10.3. The first kappa shape index (κ1) is 11.9. The van der Waals surface area contributed by atoms with Crippen molar-refractivity contribution in [2.75, 3.05) is 13.1 Å². The van der Waals surface area contributed by atoms with Gasteiger partial charge in [0, 0.05) is 18.7 Å². The van der Waals surface area contributed by atoms with Gasteiger partial charge in [0.1, 0.15) is 0 Å². The first-order valence-electron chi connectivity index (χ1n) is 4.69. The Labute approximate surface area is 80.9 Å². The highest BCUT2D eigenvalue weighted by atomic mass is 16.2. The fourth-order valence-electron chi connectivity index (χ4n) is 1.05. The van der Waals surface area contributed by atoms with Gasteiger partial charge in [0.2, 0.25) is 5.91 Å². The van der Waals surface area contributed by atoms with Crippen molar-refractivity contribution < 1.29 is 4.79 Å². The van der Waals surface area contributed by atoms with Gasteiger partial charge < -0.3 is 4.90 Å². The van der Waals surface area contributed by atoms with E-state index in [4.69, 9.17) is 0 Å². The number of unbranched alkanes of at least 4 members (excludes halogenated alkanes) is 1. The second-order valence-corrected chi connectivity index (χ2v) is 3.17. The summed E-state index contributed by atoms with van der Waals surface area (Å²) in [7, 11) is 0. The molecule has 0 saturated heterocycles. The molecular weight excluding hydrogens is 162 g/mol. The first-order chi connectivity index (χ1) is 6.13. The van der Waals surface area contributed by atoms with E-state index in [0.29, 0.717) is 12.1 Å². The van der Waals surface area contributed by atoms with E-state index >= 15 is 0 Å². The number of carbonyl (C=O) groups is 1. The molecule has 0 heterocycles. The van der Waals surface area contributed by atoms with Crippen LogP contribution >= 0.6 is 0 Å². The summed E-state index contributed by atoms with van der Waals surface area (Å²) >= 11 is 0. The van der Waals surface area contributed by atoms with E-state index in [1.54, 1.807) is 17.9 Å². The summed E-state index contributed by atoms with van der Waals surface area (Å²) in [6.07, 6.45) is 3.88. The fraction of sp³-hybridized carbons (Fsp3) is 0.545. The largest absolute Gasteiger partial charge is 0.335 e. The molecule has 0 saturated carbocycles. The Morgan fingerprint density at radius 2 is 2.15 bits per heavy atom. The summed E-state index contributed by atoms with van der Waals surface area (Å²) < 4.78 is 0. The number of hydrogen-bond donors (Lipinski definition) is 0. The molecule has 0 aliphatic rings. The van der Waals surface area contributed by atoms with Crippen LogP contribution in [0.4, 0.5) is 0 Å². The molecule has 0 aliphatic heterocycles. The molecule has 0 unspecified atom stereocenters. The molecule has 0 aromatic carbocycles. The Bertz CT molecular complexity index is 196. The summed E-state index contributed by atoms with van der Waals surface area (Å²) in [4.78, 5) is 13.3. The zero-order valence-electron chi connectivity index (χ0n) is 8.68. The van der Waals surface area contributed by atoms with Crippen LogP contribution in [-0.4, -0.2) is 23.9 Å². The molecule has 0 radical (unpaired) electrons. The van der Waals surface area contributed by atoms with Crippen LogP contribution in [0.15, 0.2) is 24.8 Å². The molecule has 2 heteroatoms. The van der Waals surface area contributed by atoms with Gasteiger partial charge in [-0.3, -0.25) is 4.79 Å². The van der Waals surface area contributed by atoms with Gasteiger partial charge in [-0.15, -0.1) is 6.58 Å². The number of carbonyl (C=O) groups excluding carboxylic acids is 1. The van der Waals surface area contributed by atoms with Crippen LogP contribution in [0.3, 0.4) is 0 Å². The maximum absolute atomic E-state index is 11.5. The summed E-state index contributed by atoms with van der Waals surface area (Å²) in [5, 5.41) is 0. The highest BCUT2D eigenvalue weighted by molar-refractivity contribution is 5.92. The lowest BCUT2D eigenvalue weighted by Gasteiger charge is -2.20. The number of nitrogens with zero attached hydrogens (tertiary/aromatic N) is 1. The molecule has 0 fully saturated rings. The van der Waals surface area contributed by atoms with Crippen LogP contribution < -0.4 is 0 Å². The second-order valence-electron chi connectivity index (χ2n) is 3.17. The molecule has 0 rings (SSSR count). The van der Waals surface area contributed by atoms with Crippen molar-refractivity contribution in [2.24, 2.45) is 0 Å². The fourth-order valence-corrected chi connectivity index (χ4v) is 1.05. The van der Waals surface area contributed by atoms with Gasteiger partial charge >= 0.3 is 0 Å². The van der Waals surface area contributed by atoms with E-state index in [0.717, 1.165) is 19.4 Å². The first-order valence-corrected chi connectivity index (χ1v) is 4.69. The maximum Gasteiger partial charge on any atom is 0.249 e. The highest BCUT2D eigenvalue weighted by Crippen LogP contribution is 2.01. The van der Waals surface area contributed by atoms with Crippen LogP contribution in [0, 0.1) is 0 Å². The molecule has 0 bridgehead atoms. The van der Waals surface area contributed by atoms with Crippen LogP contribution in [0.5, 0.6) is 0 Å². The van der Waals surface area contributed by atoms with E-state index < -0.39 is 0 Å². The quantitative estimate of drug-likeness (QED) is 0.455. The topological polar surface area (TPSA) is 20.3 Å². The average Bonchev–Trinajstić information content (AvgIpc) is 2.11. The molecule has 74 valence electrons. The van der Waals surface area contributed by atoms with E-state index in [-0.39, 0.29) is 5.91 Å². The minimum Gasteiger partial charge on any atom is -0.335 e. The zero-order valence-corrected chi connectivity index (χ0v) is 8.68. The van der Waals surface area contributed by atoms with Crippen LogP contribution in [0.1, 0.15) is 26.7 Å². The van der Waals surface area contributed by atoms with Crippen molar-refractivity contribution in [1.29, 1.82) is 0 Å². The van der Waals surface area contributed by atoms with Crippen molar-refractivity contribution >= 4 is 5.91 Å².